The summed E-state index contributed by atoms with van der Waals surface area (Å²) in [6, 6.07) is 7.74. The number of hydrogen-bond acceptors (Lipinski definition) is 2. The lowest BCUT2D eigenvalue weighted by Gasteiger charge is -2.38. The van der Waals surface area contributed by atoms with Crippen molar-refractivity contribution in [3.05, 3.63) is 65.5 Å². The van der Waals surface area contributed by atoms with E-state index in [1.807, 2.05) is 30.3 Å². The molecule has 1 fully saturated rings. The first-order chi connectivity index (χ1) is 10.7. The van der Waals surface area contributed by atoms with Crippen LogP contribution in [-0.2, 0) is 5.54 Å². The van der Waals surface area contributed by atoms with Crippen LogP contribution in [-0.4, -0.2) is 27.2 Å². The largest absolute Gasteiger partial charge is 0.464 e. The summed E-state index contributed by atoms with van der Waals surface area (Å²) in [5.41, 5.74) is 3.51. The predicted molar refractivity (Wildman–Crippen MR) is 84.6 cm³/mol. The molecule has 1 aromatic carbocycles. The molecule has 1 aromatic heterocycles. The Labute approximate surface area is 127 Å². The van der Waals surface area contributed by atoms with Crippen LogP contribution in [0.15, 0.2) is 54.3 Å². The van der Waals surface area contributed by atoms with E-state index in [9.17, 15) is 9.90 Å². The van der Waals surface area contributed by atoms with Gasteiger partial charge in [-0.05, 0) is 30.2 Å². The zero-order chi connectivity index (χ0) is 14.9. The van der Waals surface area contributed by atoms with Gasteiger partial charge in [0.25, 0.3) is 0 Å². The van der Waals surface area contributed by atoms with Crippen molar-refractivity contribution in [1.29, 1.82) is 0 Å². The normalized spacial score (nSPS) is 24.4. The molecule has 2 aliphatic heterocycles. The molecule has 1 spiro atoms. The Hall–Kier alpha value is -2.75. The third kappa shape index (κ3) is 1.14. The Kier molecular flexibility index (Phi) is 2.00. The van der Waals surface area contributed by atoms with Crippen molar-refractivity contribution in [3.8, 4) is 0 Å². The van der Waals surface area contributed by atoms with E-state index in [4.69, 9.17) is 0 Å². The first kappa shape index (κ1) is 11.9. The Morgan fingerprint density at radius 1 is 1.27 bits per heavy atom. The maximum absolute atomic E-state index is 12.0. The highest BCUT2D eigenvalue weighted by atomic mass is 16.4. The van der Waals surface area contributed by atoms with E-state index in [2.05, 4.69) is 29.3 Å². The minimum atomic E-state index is -0.923. The van der Waals surface area contributed by atoms with Crippen molar-refractivity contribution in [1.82, 2.24) is 9.47 Å². The fraction of sp³-hybridized carbons (Fsp3) is 0.167. The van der Waals surface area contributed by atoms with Crippen molar-refractivity contribution < 1.29 is 9.90 Å². The van der Waals surface area contributed by atoms with Crippen LogP contribution in [0.2, 0.25) is 0 Å². The highest BCUT2D eigenvalue weighted by Gasteiger charge is 2.50. The van der Waals surface area contributed by atoms with Crippen molar-refractivity contribution in [2.75, 3.05) is 6.54 Å². The molecule has 2 aromatic rings. The van der Waals surface area contributed by atoms with Gasteiger partial charge in [0.2, 0.25) is 0 Å². The maximum atomic E-state index is 12.0. The van der Waals surface area contributed by atoms with E-state index < -0.39 is 11.6 Å². The number of carboxylic acid groups (broad SMARTS) is 1. The number of benzene rings is 1. The smallest absolute Gasteiger partial charge is 0.416 e. The van der Waals surface area contributed by atoms with Crippen LogP contribution < -0.4 is 0 Å². The summed E-state index contributed by atoms with van der Waals surface area (Å²) in [7, 11) is 0. The first-order valence-corrected chi connectivity index (χ1v) is 7.44. The van der Waals surface area contributed by atoms with Crippen LogP contribution >= 0.6 is 0 Å². The molecule has 0 saturated carbocycles. The van der Waals surface area contributed by atoms with Crippen molar-refractivity contribution in [2.45, 2.75) is 12.0 Å². The summed E-state index contributed by atoms with van der Waals surface area (Å²) in [5, 5.41) is 10.8. The van der Waals surface area contributed by atoms with Crippen LogP contribution in [0.1, 0.15) is 17.7 Å². The molecule has 0 amide bonds. The highest BCUT2D eigenvalue weighted by molar-refractivity contribution is 5.98. The molecule has 108 valence electrons. The molecule has 3 aliphatic rings. The second-order valence-corrected chi connectivity index (χ2v) is 5.97. The van der Waals surface area contributed by atoms with Gasteiger partial charge in [0.1, 0.15) is 5.54 Å². The molecular formula is C18H14N2O2. The number of para-hydroxylation sites is 1. The van der Waals surface area contributed by atoms with Gasteiger partial charge in [0, 0.05) is 23.7 Å². The molecular weight excluding hydrogens is 276 g/mol. The maximum Gasteiger partial charge on any atom is 0.416 e. The third-order valence-corrected chi connectivity index (χ3v) is 5.09. The lowest BCUT2D eigenvalue weighted by molar-refractivity contribution is 0.193. The van der Waals surface area contributed by atoms with Crippen molar-refractivity contribution in [2.24, 2.45) is 0 Å². The monoisotopic (exact) mass is 290 g/mol. The predicted octanol–water partition coefficient (Wildman–Crippen LogP) is 3.55. The summed E-state index contributed by atoms with van der Waals surface area (Å²) in [6.07, 6.45) is 10.5. The van der Waals surface area contributed by atoms with E-state index in [1.165, 1.54) is 10.1 Å². The standard InChI is InChI=1S/C18H14N2O2/c21-17(22)20-15-6-2-1-5-13(15)14-8-11-19-10-7-12-4-3-9-18(12,19)16(14)20/h1-6,8-9,11H,7,10H2,(H,21,22). The van der Waals surface area contributed by atoms with E-state index in [0.717, 1.165) is 35.1 Å². The van der Waals surface area contributed by atoms with E-state index >= 15 is 0 Å². The Morgan fingerprint density at radius 2 is 2.14 bits per heavy atom. The van der Waals surface area contributed by atoms with Crippen molar-refractivity contribution >= 4 is 23.1 Å². The molecule has 1 saturated heterocycles. The van der Waals surface area contributed by atoms with Crippen LogP contribution in [0.25, 0.3) is 17.0 Å². The van der Waals surface area contributed by atoms with Gasteiger partial charge in [-0.25, -0.2) is 9.36 Å². The Bertz CT molecular complexity index is 932. The molecule has 5 rings (SSSR count). The quantitative estimate of drug-likeness (QED) is 0.807. The lowest BCUT2D eigenvalue weighted by Crippen LogP contribution is -2.41. The number of fused-ring (bicyclic) bond motifs is 3. The van der Waals surface area contributed by atoms with Gasteiger partial charge in [-0.1, -0.05) is 30.4 Å². The highest BCUT2D eigenvalue weighted by Crippen LogP contribution is 2.52. The minimum Gasteiger partial charge on any atom is -0.464 e. The molecule has 0 bridgehead atoms. The number of aromatic nitrogens is 1. The van der Waals surface area contributed by atoms with E-state index in [0.29, 0.717) is 0 Å². The molecule has 1 aliphatic carbocycles. The molecule has 1 unspecified atom stereocenters. The molecule has 1 N–H and O–H groups in total. The van der Waals surface area contributed by atoms with Gasteiger partial charge in [0.05, 0.1) is 11.2 Å². The lowest BCUT2D eigenvalue weighted by atomic mass is 9.85. The molecule has 0 radical (unpaired) electrons. The number of nitrogens with zero attached hydrogens (tertiary/aromatic N) is 2. The van der Waals surface area contributed by atoms with Gasteiger partial charge in [-0.2, -0.15) is 0 Å². The molecule has 1 atom stereocenters. The fourth-order valence-corrected chi connectivity index (χ4v) is 4.24. The van der Waals surface area contributed by atoms with E-state index in [1.54, 1.807) is 0 Å². The fourth-order valence-electron chi connectivity index (χ4n) is 4.24. The first-order valence-electron chi connectivity index (χ1n) is 7.44. The van der Waals surface area contributed by atoms with Crippen LogP contribution in [0, 0.1) is 0 Å². The van der Waals surface area contributed by atoms with E-state index in [-0.39, 0.29) is 0 Å². The van der Waals surface area contributed by atoms with Crippen molar-refractivity contribution in [3.63, 3.8) is 0 Å². The summed E-state index contributed by atoms with van der Waals surface area (Å²) >= 11 is 0. The van der Waals surface area contributed by atoms with Gasteiger partial charge < -0.3 is 10.0 Å². The van der Waals surface area contributed by atoms with Crippen LogP contribution in [0.3, 0.4) is 0 Å². The zero-order valence-electron chi connectivity index (χ0n) is 11.9. The van der Waals surface area contributed by atoms with Gasteiger partial charge in [-0.3, -0.25) is 0 Å². The van der Waals surface area contributed by atoms with Crippen LogP contribution in [0.5, 0.6) is 0 Å². The Balaban J connectivity index is 1.99. The second kappa shape index (κ2) is 3.71. The summed E-state index contributed by atoms with van der Waals surface area (Å²) in [5.74, 6) is 0. The van der Waals surface area contributed by atoms with Gasteiger partial charge in [0.15, 0.2) is 0 Å². The number of carbonyl (C=O) groups is 1. The average molecular weight is 290 g/mol. The molecule has 4 heteroatoms. The molecule has 4 nitrogen and oxygen atoms in total. The SMILES string of the molecule is O=C(O)n1c2c(c3ccccc31)C=CN1CCC3=CC=CC321. The van der Waals surface area contributed by atoms with Gasteiger partial charge >= 0.3 is 6.09 Å². The number of hydrogen-bond donors (Lipinski definition) is 1. The molecule has 22 heavy (non-hydrogen) atoms. The number of rotatable bonds is 0. The minimum absolute atomic E-state index is 0.415. The second-order valence-electron chi connectivity index (χ2n) is 5.97. The van der Waals surface area contributed by atoms with Gasteiger partial charge in [-0.15, -0.1) is 0 Å². The zero-order valence-corrected chi connectivity index (χ0v) is 11.9. The van der Waals surface area contributed by atoms with Crippen LogP contribution in [0.4, 0.5) is 4.79 Å². The summed E-state index contributed by atoms with van der Waals surface area (Å²) < 4.78 is 1.47. The summed E-state index contributed by atoms with van der Waals surface area (Å²) in [4.78, 5) is 14.3. The average Bonchev–Trinajstić information content (AvgIpc) is 3.15. The molecule has 3 heterocycles. The third-order valence-electron chi connectivity index (χ3n) is 5.09. The summed E-state index contributed by atoms with van der Waals surface area (Å²) in [6.45, 7) is 0.924. The number of allylic oxidation sites excluding steroid dienone is 2. The topological polar surface area (TPSA) is 45.5 Å². The Morgan fingerprint density at radius 3 is 3.00 bits per heavy atom.